The van der Waals surface area contributed by atoms with Crippen molar-refractivity contribution in [2.75, 3.05) is 0 Å². The van der Waals surface area contributed by atoms with Crippen molar-refractivity contribution < 1.29 is 24.3 Å². The molecule has 0 spiro atoms. The maximum Gasteiger partial charge on any atom is 0.326 e. The van der Waals surface area contributed by atoms with E-state index in [9.17, 15) is 24.3 Å². The van der Waals surface area contributed by atoms with Gasteiger partial charge in [0, 0.05) is 36.6 Å². The second-order valence-corrected chi connectivity index (χ2v) is 8.17. The molecule has 0 fully saturated rings. The van der Waals surface area contributed by atoms with E-state index in [1.807, 2.05) is 6.92 Å². The SMILES string of the molecule is CCC(C)C(NC(=O)C(Cc1cnc[nH]1)NC(=O)C(C)NC(=O)C(N)Cc1cnc[nH]1)C(=O)O. The van der Waals surface area contributed by atoms with E-state index in [4.69, 9.17) is 5.73 Å². The van der Waals surface area contributed by atoms with Gasteiger partial charge < -0.3 is 36.8 Å². The third-order valence-corrected chi connectivity index (χ3v) is 5.47. The van der Waals surface area contributed by atoms with Crippen LogP contribution in [-0.2, 0) is 32.0 Å². The fraction of sp³-hybridized carbons (Fsp3) is 0.524. The number of carboxylic acids is 1. The van der Waals surface area contributed by atoms with Gasteiger partial charge in [0.05, 0.1) is 18.7 Å². The Hall–Kier alpha value is -3.74. The summed E-state index contributed by atoms with van der Waals surface area (Å²) >= 11 is 0. The molecule has 13 heteroatoms. The molecular formula is C21H32N8O5. The minimum absolute atomic E-state index is 0.0461. The Kier molecular flexibility index (Phi) is 9.74. The van der Waals surface area contributed by atoms with Gasteiger partial charge in [0.1, 0.15) is 18.1 Å². The fourth-order valence-electron chi connectivity index (χ4n) is 3.17. The van der Waals surface area contributed by atoms with E-state index in [0.717, 1.165) is 0 Å². The second-order valence-electron chi connectivity index (χ2n) is 8.17. The molecule has 0 saturated heterocycles. The van der Waals surface area contributed by atoms with Crippen molar-refractivity contribution in [2.24, 2.45) is 11.7 Å². The molecule has 0 saturated carbocycles. The average molecular weight is 477 g/mol. The molecule has 2 aromatic heterocycles. The van der Waals surface area contributed by atoms with Crippen LogP contribution in [0.15, 0.2) is 25.0 Å². The number of hydrogen-bond acceptors (Lipinski definition) is 7. The summed E-state index contributed by atoms with van der Waals surface area (Å²) in [6.45, 7) is 4.99. The van der Waals surface area contributed by atoms with E-state index >= 15 is 0 Å². The van der Waals surface area contributed by atoms with Gasteiger partial charge in [0.25, 0.3) is 0 Å². The Balaban J connectivity index is 2.04. The highest BCUT2D eigenvalue weighted by atomic mass is 16.4. The third-order valence-electron chi connectivity index (χ3n) is 5.47. The summed E-state index contributed by atoms with van der Waals surface area (Å²) in [6.07, 6.45) is 6.73. The van der Waals surface area contributed by atoms with Gasteiger partial charge in [-0.1, -0.05) is 20.3 Å². The molecular weight excluding hydrogens is 444 g/mol. The molecule has 3 amide bonds. The van der Waals surface area contributed by atoms with E-state index in [-0.39, 0.29) is 18.8 Å². The molecule has 0 bridgehead atoms. The lowest BCUT2D eigenvalue weighted by atomic mass is 9.98. The van der Waals surface area contributed by atoms with Gasteiger partial charge in [-0.3, -0.25) is 14.4 Å². The van der Waals surface area contributed by atoms with Gasteiger partial charge in [-0.25, -0.2) is 14.8 Å². The first kappa shape index (κ1) is 26.5. The number of carbonyl (C=O) groups is 4. The fourth-order valence-corrected chi connectivity index (χ4v) is 3.17. The van der Waals surface area contributed by atoms with Crippen molar-refractivity contribution in [3.63, 3.8) is 0 Å². The maximum absolute atomic E-state index is 12.9. The van der Waals surface area contributed by atoms with Crippen LogP contribution < -0.4 is 21.7 Å². The Labute approximate surface area is 196 Å². The third kappa shape index (κ3) is 7.69. The largest absolute Gasteiger partial charge is 0.480 e. The van der Waals surface area contributed by atoms with Gasteiger partial charge >= 0.3 is 5.97 Å². The van der Waals surface area contributed by atoms with Crippen molar-refractivity contribution in [1.82, 2.24) is 35.9 Å². The second kappa shape index (κ2) is 12.5. The minimum Gasteiger partial charge on any atom is -0.480 e. The molecule has 0 aliphatic carbocycles. The van der Waals surface area contributed by atoms with Gasteiger partial charge in [0.15, 0.2) is 0 Å². The molecule has 2 heterocycles. The van der Waals surface area contributed by atoms with E-state index in [2.05, 4.69) is 35.9 Å². The van der Waals surface area contributed by atoms with E-state index in [0.29, 0.717) is 17.8 Å². The number of amides is 3. The summed E-state index contributed by atoms with van der Waals surface area (Å²) in [6, 6.07) is -4.12. The number of aromatic amines is 2. The van der Waals surface area contributed by atoms with Crippen molar-refractivity contribution in [1.29, 1.82) is 0 Å². The molecule has 5 unspecified atom stereocenters. The quantitative estimate of drug-likeness (QED) is 0.187. The zero-order chi connectivity index (χ0) is 25.3. The molecule has 2 rings (SSSR count). The number of nitrogens with zero attached hydrogens (tertiary/aromatic N) is 2. The highest BCUT2D eigenvalue weighted by Crippen LogP contribution is 2.09. The van der Waals surface area contributed by atoms with Crippen molar-refractivity contribution >= 4 is 23.7 Å². The van der Waals surface area contributed by atoms with Crippen LogP contribution in [0.3, 0.4) is 0 Å². The van der Waals surface area contributed by atoms with Crippen molar-refractivity contribution in [3.05, 3.63) is 36.4 Å². The first-order valence-corrected chi connectivity index (χ1v) is 11.0. The molecule has 5 atom stereocenters. The lowest BCUT2D eigenvalue weighted by Crippen LogP contribution is -2.57. The van der Waals surface area contributed by atoms with E-state index in [1.165, 1.54) is 25.8 Å². The highest BCUT2D eigenvalue weighted by Gasteiger charge is 2.31. The maximum atomic E-state index is 12.9. The predicted molar refractivity (Wildman–Crippen MR) is 121 cm³/mol. The van der Waals surface area contributed by atoms with Crippen LogP contribution in [0.2, 0.25) is 0 Å². The lowest BCUT2D eigenvalue weighted by Gasteiger charge is -2.25. The summed E-state index contributed by atoms with van der Waals surface area (Å²) in [5.74, 6) is -3.32. The van der Waals surface area contributed by atoms with Crippen LogP contribution in [0.25, 0.3) is 0 Å². The summed E-state index contributed by atoms with van der Waals surface area (Å²) < 4.78 is 0. The molecule has 0 aliphatic rings. The first-order chi connectivity index (χ1) is 16.1. The average Bonchev–Trinajstić information content (AvgIpc) is 3.50. The Bertz CT molecular complexity index is 947. The zero-order valence-electron chi connectivity index (χ0n) is 19.4. The number of nitrogens with one attached hydrogen (secondary N) is 5. The number of carbonyl (C=O) groups excluding carboxylic acids is 3. The summed E-state index contributed by atoms with van der Waals surface area (Å²) in [5, 5.41) is 17.1. The van der Waals surface area contributed by atoms with Gasteiger partial charge in [0.2, 0.25) is 17.7 Å². The van der Waals surface area contributed by atoms with Crippen molar-refractivity contribution in [2.45, 2.75) is 64.2 Å². The molecule has 2 aromatic rings. The number of hydrogen-bond donors (Lipinski definition) is 7. The lowest BCUT2D eigenvalue weighted by molar-refractivity contribution is -0.143. The topological polar surface area (TPSA) is 208 Å². The van der Waals surface area contributed by atoms with E-state index in [1.54, 1.807) is 13.1 Å². The normalized spacial score (nSPS) is 15.4. The molecule has 0 radical (unpaired) electrons. The number of aromatic nitrogens is 4. The summed E-state index contributed by atoms with van der Waals surface area (Å²) in [7, 11) is 0. The molecule has 34 heavy (non-hydrogen) atoms. The Morgan fingerprint density at radius 3 is 2.03 bits per heavy atom. The first-order valence-electron chi connectivity index (χ1n) is 11.0. The highest BCUT2D eigenvalue weighted by molar-refractivity contribution is 5.94. The number of H-pyrrole nitrogens is 2. The van der Waals surface area contributed by atoms with Gasteiger partial charge in [-0.2, -0.15) is 0 Å². The minimum atomic E-state index is -1.17. The number of imidazole rings is 2. The standard InChI is InChI=1S/C21H32N8O5/c1-4-11(2)17(21(33)34)29-20(32)16(6-14-8-24-10-26-14)28-18(30)12(3)27-19(31)15(22)5-13-7-23-9-25-13/h7-12,15-17H,4-6,22H2,1-3H3,(H,23,25)(H,24,26)(H,27,31)(H,28,30)(H,29,32)(H,33,34). The molecule has 13 nitrogen and oxygen atoms in total. The van der Waals surface area contributed by atoms with Gasteiger partial charge in [-0.05, 0) is 12.8 Å². The van der Waals surface area contributed by atoms with Crippen LogP contribution in [-0.4, -0.2) is 72.9 Å². The van der Waals surface area contributed by atoms with Crippen molar-refractivity contribution in [3.8, 4) is 0 Å². The number of carboxylic acid groups (broad SMARTS) is 1. The van der Waals surface area contributed by atoms with Crippen LogP contribution in [0.4, 0.5) is 0 Å². The zero-order valence-corrected chi connectivity index (χ0v) is 19.4. The smallest absolute Gasteiger partial charge is 0.326 e. The monoisotopic (exact) mass is 476 g/mol. The predicted octanol–water partition coefficient (Wildman–Crippen LogP) is -1.15. The Morgan fingerprint density at radius 1 is 0.941 bits per heavy atom. The van der Waals surface area contributed by atoms with Crippen LogP contribution in [0.5, 0.6) is 0 Å². The summed E-state index contributed by atoms with van der Waals surface area (Å²) in [5.41, 5.74) is 7.13. The molecule has 186 valence electrons. The van der Waals surface area contributed by atoms with Crippen LogP contribution in [0.1, 0.15) is 38.6 Å². The molecule has 0 aromatic carbocycles. The molecule has 0 aliphatic heterocycles. The molecule has 8 N–H and O–H groups in total. The number of rotatable bonds is 13. The van der Waals surface area contributed by atoms with Crippen LogP contribution >= 0.6 is 0 Å². The number of aliphatic carboxylic acids is 1. The summed E-state index contributed by atoms with van der Waals surface area (Å²) in [4.78, 5) is 63.2. The Morgan fingerprint density at radius 2 is 1.53 bits per heavy atom. The number of nitrogens with two attached hydrogens (primary N) is 1. The van der Waals surface area contributed by atoms with Crippen LogP contribution in [0, 0.1) is 5.92 Å². The van der Waals surface area contributed by atoms with Gasteiger partial charge in [-0.15, -0.1) is 0 Å². The van der Waals surface area contributed by atoms with E-state index < -0.39 is 47.9 Å².